The van der Waals surface area contributed by atoms with Gasteiger partial charge in [-0.05, 0) is 17.7 Å². The summed E-state index contributed by atoms with van der Waals surface area (Å²) in [4.78, 5) is 11.3. The summed E-state index contributed by atoms with van der Waals surface area (Å²) >= 11 is 0. The van der Waals surface area contributed by atoms with Gasteiger partial charge in [-0.2, -0.15) is 0 Å². The van der Waals surface area contributed by atoms with Gasteiger partial charge in [-0.1, -0.05) is 12.1 Å². The van der Waals surface area contributed by atoms with Crippen molar-refractivity contribution in [2.75, 3.05) is 19.8 Å². The van der Waals surface area contributed by atoms with Crippen LogP contribution in [-0.4, -0.2) is 25.8 Å². The summed E-state index contributed by atoms with van der Waals surface area (Å²) in [6, 6.07) is 5.42. The zero-order valence-corrected chi connectivity index (χ0v) is 10.1. The molecule has 0 bridgehead atoms. The first-order valence-corrected chi connectivity index (χ1v) is 5.80. The molecule has 0 saturated heterocycles. The van der Waals surface area contributed by atoms with Gasteiger partial charge in [0.1, 0.15) is 13.2 Å². The molecule has 96 valence electrons. The molecule has 2 rings (SSSR count). The Balaban J connectivity index is 1.89. The molecule has 18 heavy (non-hydrogen) atoms. The fraction of sp³-hybridized carbons (Fsp3) is 0.308. The van der Waals surface area contributed by atoms with Crippen molar-refractivity contribution in [2.45, 2.75) is 6.54 Å². The number of carbonyl (C=O) groups is 1. The normalized spacial score (nSPS) is 12.7. The van der Waals surface area contributed by atoms with Crippen molar-refractivity contribution in [3.63, 3.8) is 0 Å². The third-order valence-corrected chi connectivity index (χ3v) is 2.47. The molecular weight excluding hydrogens is 232 g/mol. The maximum Gasteiger partial charge on any atom is 0.315 e. The van der Waals surface area contributed by atoms with E-state index in [1.807, 2.05) is 18.2 Å². The fourth-order valence-corrected chi connectivity index (χ4v) is 1.61. The van der Waals surface area contributed by atoms with Crippen molar-refractivity contribution >= 4 is 6.03 Å². The van der Waals surface area contributed by atoms with Crippen molar-refractivity contribution in [3.8, 4) is 11.5 Å². The van der Waals surface area contributed by atoms with Gasteiger partial charge in [0.05, 0.1) is 0 Å². The molecule has 0 aliphatic carbocycles. The maximum absolute atomic E-state index is 11.3. The van der Waals surface area contributed by atoms with Gasteiger partial charge in [-0.15, -0.1) is 6.58 Å². The van der Waals surface area contributed by atoms with Crippen LogP contribution in [0.1, 0.15) is 5.56 Å². The van der Waals surface area contributed by atoms with E-state index in [1.54, 1.807) is 6.08 Å². The molecule has 0 spiro atoms. The number of carbonyl (C=O) groups excluding carboxylic acids is 1. The summed E-state index contributed by atoms with van der Waals surface area (Å²) in [5, 5.41) is 5.39. The minimum Gasteiger partial charge on any atom is -0.486 e. The Morgan fingerprint density at radius 2 is 2.06 bits per heavy atom. The second-order valence-electron chi connectivity index (χ2n) is 3.83. The molecule has 0 atom stereocenters. The topological polar surface area (TPSA) is 59.6 Å². The molecule has 0 unspecified atom stereocenters. The van der Waals surface area contributed by atoms with Crippen molar-refractivity contribution < 1.29 is 14.3 Å². The van der Waals surface area contributed by atoms with Gasteiger partial charge >= 0.3 is 6.03 Å². The number of amides is 2. The minimum absolute atomic E-state index is 0.218. The number of ether oxygens (including phenoxy) is 2. The van der Waals surface area contributed by atoms with Gasteiger partial charge < -0.3 is 20.1 Å². The second-order valence-corrected chi connectivity index (χ2v) is 3.83. The fourth-order valence-electron chi connectivity index (χ4n) is 1.61. The van der Waals surface area contributed by atoms with Gasteiger partial charge in [0.15, 0.2) is 11.5 Å². The van der Waals surface area contributed by atoms with Crippen LogP contribution in [-0.2, 0) is 6.54 Å². The molecule has 1 aromatic rings. The number of urea groups is 1. The molecular formula is C13H16N2O3. The van der Waals surface area contributed by atoms with Crippen LogP contribution in [0.15, 0.2) is 30.9 Å². The Morgan fingerprint density at radius 1 is 1.28 bits per heavy atom. The van der Waals surface area contributed by atoms with E-state index in [4.69, 9.17) is 9.47 Å². The van der Waals surface area contributed by atoms with E-state index in [2.05, 4.69) is 17.2 Å². The lowest BCUT2D eigenvalue weighted by molar-refractivity contribution is 0.171. The van der Waals surface area contributed by atoms with Crippen molar-refractivity contribution in [1.29, 1.82) is 0 Å². The van der Waals surface area contributed by atoms with Crippen LogP contribution in [0.2, 0.25) is 0 Å². The average molecular weight is 248 g/mol. The van der Waals surface area contributed by atoms with Crippen molar-refractivity contribution in [3.05, 3.63) is 36.4 Å². The lowest BCUT2D eigenvalue weighted by Crippen LogP contribution is -2.34. The SMILES string of the molecule is C=CCNC(=O)NCc1ccc2c(c1)OCCO2. The van der Waals surface area contributed by atoms with E-state index < -0.39 is 0 Å². The number of fused-ring (bicyclic) bond motifs is 1. The molecule has 2 N–H and O–H groups in total. The number of rotatable bonds is 4. The third-order valence-electron chi connectivity index (χ3n) is 2.47. The van der Waals surface area contributed by atoms with Crippen LogP contribution in [0, 0.1) is 0 Å². The van der Waals surface area contributed by atoms with E-state index in [-0.39, 0.29) is 6.03 Å². The van der Waals surface area contributed by atoms with Gasteiger partial charge in [0.2, 0.25) is 0 Å². The van der Waals surface area contributed by atoms with E-state index >= 15 is 0 Å². The summed E-state index contributed by atoms with van der Waals surface area (Å²) in [5.41, 5.74) is 0.966. The lowest BCUT2D eigenvalue weighted by Gasteiger charge is -2.19. The van der Waals surface area contributed by atoms with Crippen LogP contribution in [0.25, 0.3) is 0 Å². The molecule has 1 aliphatic rings. The molecule has 2 amide bonds. The molecule has 0 fully saturated rings. The van der Waals surface area contributed by atoms with Crippen LogP contribution in [0.4, 0.5) is 4.79 Å². The van der Waals surface area contributed by atoms with Crippen LogP contribution < -0.4 is 20.1 Å². The highest BCUT2D eigenvalue weighted by Gasteiger charge is 2.11. The van der Waals surface area contributed by atoms with E-state index in [0.717, 1.165) is 17.1 Å². The molecule has 0 saturated carbocycles. The Labute approximate surface area is 106 Å². The first kappa shape index (κ1) is 12.3. The quantitative estimate of drug-likeness (QED) is 0.793. The Kier molecular flexibility index (Phi) is 4.06. The Hall–Kier alpha value is -2.17. The number of benzene rings is 1. The monoisotopic (exact) mass is 248 g/mol. The van der Waals surface area contributed by atoms with Gasteiger partial charge in [0.25, 0.3) is 0 Å². The Morgan fingerprint density at radius 3 is 2.83 bits per heavy atom. The number of nitrogens with one attached hydrogen (secondary N) is 2. The largest absolute Gasteiger partial charge is 0.486 e. The molecule has 5 heteroatoms. The van der Waals surface area contributed by atoms with Crippen LogP contribution >= 0.6 is 0 Å². The van der Waals surface area contributed by atoms with Gasteiger partial charge in [-0.3, -0.25) is 0 Å². The molecule has 1 heterocycles. The summed E-state index contributed by atoms with van der Waals surface area (Å²) in [7, 11) is 0. The van der Waals surface area contributed by atoms with E-state index in [0.29, 0.717) is 26.3 Å². The number of hydrogen-bond acceptors (Lipinski definition) is 3. The van der Waals surface area contributed by atoms with Crippen molar-refractivity contribution in [2.24, 2.45) is 0 Å². The highest BCUT2D eigenvalue weighted by molar-refractivity contribution is 5.73. The molecule has 5 nitrogen and oxygen atoms in total. The second kappa shape index (κ2) is 5.95. The first-order valence-electron chi connectivity index (χ1n) is 5.80. The lowest BCUT2D eigenvalue weighted by atomic mass is 10.2. The number of hydrogen-bond donors (Lipinski definition) is 2. The summed E-state index contributed by atoms with van der Waals surface area (Å²) < 4.78 is 10.9. The minimum atomic E-state index is -0.218. The average Bonchev–Trinajstić information content (AvgIpc) is 2.42. The molecule has 1 aliphatic heterocycles. The van der Waals surface area contributed by atoms with Crippen LogP contribution in [0.5, 0.6) is 11.5 Å². The van der Waals surface area contributed by atoms with Crippen molar-refractivity contribution in [1.82, 2.24) is 10.6 Å². The standard InChI is InChI=1S/C13H16N2O3/c1-2-5-14-13(16)15-9-10-3-4-11-12(8-10)18-7-6-17-11/h2-4,8H,1,5-7,9H2,(H2,14,15,16). The molecule has 1 aromatic carbocycles. The van der Waals surface area contributed by atoms with E-state index in [9.17, 15) is 4.79 Å². The van der Waals surface area contributed by atoms with Gasteiger partial charge in [-0.25, -0.2) is 4.79 Å². The zero-order chi connectivity index (χ0) is 12.8. The zero-order valence-electron chi connectivity index (χ0n) is 10.1. The smallest absolute Gasteiger partial charge is 0.315 e. The van der Waals surface area contributed by atoms with E-state index in [1.165, 1.54) is 0 Å². The Bertz CT molecular complexity index is 446. The van der Waals surface area contributed by atoms with Crippen LogP contribution in [0.3, 0.4) is 0 Å². The molecule has 0 aromatic heterocycles. The molecule has 0 radical (unpaired) electrons. The third kappa shape index (κ3) is 3.16. The highest BCUT2D eigenvalue weighted by atomic mass is 16.6. The van der Waals surface area contributed by atoms with Gasteiger partial charge in [0, 0.05) is 13.1 Å². The predicted molar refractivity (Wildman–Crippen MR) is 67.9 cm³/mol. The summed E-state index contributed by atoms with van der Waals surface area (Å²) in [6.45, 7) is 5.56. The summed E-state index contributed by atoms with van der Waals surface area (Å²) in [5.74, 6) is 1.48. The summed E-state index contributed by atoms with van der Waals surface area (Å²) in [6.07, 6.45) is 1.63. The predicted octanol–water partition coefficient (Wildman–Crippen LogP) is 1.44. The maximum atomic E-state index is 11.3. The highest BCUT2D eigenvalue weighted by Crippen LogP contribution is 2.30. The first-order chi connectivity index (χ1) is 8.79.